The van der Waals surface area contributed by atoms with E-state index in [1.807, 2.05) is 0 Å². The van der Waals surface area contributed by atoms with Gasteiger partial charge in [-0.15, -0.1) is 10.1 Å². The van der Waals surface area contributed by atoms with Gasteiger partial charge in [0.15, 0.2) is 0 Å². The van der Waals surface area contributed by atoms with Crippen molar-refractivity contribution in [1.82, 2.24) is 0 Å². The number of rotatable bonds is 6. The fraction of sp³-hybridized carbons (Fsp3) is 1.00. The van der Waals surface area contributed by atoms with Crippen LogP contribution in [0.3, 0.4) is 0 Å². The molecule has 0 aliphatic carbocycles. The molecule has 0 aromatic rings. The molecule has 0 unspecified atom stereocenters. The molecule has 4 nitrogen and oxygen atoms in total. The standard InChI is InChI=1S/C8H17NO3/c1-4-5-6-7-8(2,3)12-9(10)11/h4-7H2,1-3H3. The molecule has 4 heteroatoms. The van der Waals surface area contributed by atoms with Crippen molar-refractivity contribution < 1.29 is 9.92 Å². The van der Waals surface area contributed by atoms with Crippen molar-refractivity contribution in [1.29, 1.82) is 0 Å². The minimum absolute atomic E-state index is 0.626. The zero-order valence-corrected chi connectivity index (χ0v) is 8.00. The van der Waals surface area contributed by atoms with Gasteiger partial charge in [-0.2, -0.15) is 0 Å². The van der Waals surface area contributed by atoms with Crippen molar-refractivity contribution in [2.45, 2.75) is 52.1 Å². The quantitative estimate of drug-likeness (QED) is 0.354. The van der Waals surface area contributed by atoms with Crippen LogP contribution < -0.4 is 0 Å². The zero-order chi connectivity index (χ0) is 9.61. The van der Waals surface area contributed by atoms with Crippen LogP contribution in [-0.2, 0) is 4.84 Å². The normalized spacial score (nSPS) is 11.2. The molecule has 12 heavy (non-hydrogen) atoms. The van der Waals surface area contributed by atoms with E-state index in [9.17, 15) is 10.1 Å². The van der Waals surface area contributed by atoms with Crippen LogP contribution >= 0.6 is 0 Å². The molecular formula is C8H17NO3. The Labute approximate surface area is 73.0 Å². The summed E-state index contributed by atoms with van der Waals surface area (Å²) in [5.74, 6) is 0. The molecule has 0 N–H and O–H groups in total. The summed E-state index contributed by atoms with van der Waals surface area (Å²) in [4.78, 5) is 14.5. The smallest absolute Gasteiger partial charge is 0.295 e. The Balaban J connectivity index is 3.63. The van der Waals surface area contributed by atoms with Crippen LogP contribution in [0.5, 0.6) is 0 Å². The monoisotopic (exact) mass is 175 g/mol. The summed E-state index contributed by atoms with van der Waals surface area (Å²) >= 11 is 0. The molecule has 0 aromatic carbocycles. The Morgan fingerprint density at radius 2 is 2.00 bits per heavy atom. The van der Waals surface area contributed by atoms with Crippen molar-refractivity contribution in [2.75, 3.05) is 0 Å². The molecule has 0 radical (unpaired) electrons. The molecule has 0 aliphatic heterocycles. The van der Waals surface area contributed by atoms with E-state index in [4.69, 9.17) is 0 Å². The largest absolute Gasteiger partial charge is 0.308 e. The van der Waals surface area contributed by atoms with E-state index in [0.29, 0.717) is 0 Å². The van der Waals surface area contributed by atoms with Gasteiger partial charge in [-0.25, -0.2) is 0 Å². The summed E-state index contributed by atoms with van der Waals surface area (Å²) in [6, 6.07) is 0. The molecule has 0 aromatic heterocycles. The van der Waals surface area contributed by atoms with Gasteiger partial charge in [-0.1, -0.05) is 26.2 Å². The highest BCUT2D eigenvalue weighted by Crippen LogP contribution is 2.18. The molecule has 0 saturated heterocycles. The Morgan fingerprint density at radius 1 is 1.42 bits per heavy atom. The van der Waals surface area contributed by atoms with Crippen LogP contribution in [0.2, 0.25) is 0 Å². The SMILES string of the molecule is CCCCCC(C)(C)O[N+](=O)[O-]. The summed E-state index contributed by atoms with van der Waals surface area (Å²) in [6.07, 6.45) is 3.94. The van der Waals surface area contributed by atoms with Gasteiger partial charge in [0.2, 0.25) is 0 Å². The van der Waals surface area contributed by atoms with Gasteiger partial charge in [-0.05, 0) is 20.3 Å². The van der Waals surface area contributed by atoms with E-state index >= 15 is 0 Å². The van der Waals surface area contributed by atoms with Crippen molar-refractivity contribution >= 4 is 0 Å². The van der Waals surface area contributed by atoms with Crippen molar-refractivity contribution in [3.63, 3.8) is 0 Å². The highest BCUT2D eigenvalue weighted by atomic mass is 17.0. The maximum Gasteiger partial charge on any atom is 0.295 e. The summed E-state index contributed by atoms with van der Waals surface area (Å²) in [5, 5.41) is 9.31. The van der Waals surface area contributed by atoms with E-state index in [2.05, 4.69) is 11.8 Å². The van der Waals surface area contributed by atoms with E-state index in [-0.39, 0.29) is 0 Å². The van der Waals surface area contributed by atoms with Gasteiger partial charge in [0.25, 0.3) is 5.09 Å². The minimum Gasteiger partial charge on any atom is -0.308 e. The molecular weight excluding hydrogens is 158 g/mol. The van der Waals surface area contributed by atoms with Crippen LogP contribution in [-0.4, -0.2) is 10.7 Å². The summed E-state index contributed by atoms with van der Waals surface area (Å²) in [7, 11) is 0. The van der Waals surface area contributed by atoms with Gasteiger partial charge < -0.3 is 4.84 Å². The van der Waals surface area contributed by atoms with E-state index in [0.717, 1.165) is 25.7 Å². The van der Waals surface area contributed by atoms with Crippen LogP contribution in [0.1, 0.15) is 46.5 Å². The topological polar surface area (TPSA) is 52.4 Å². The first kappa shape index (κ1) is 11.2. The molecule has 0 spiro atoms. The van der Waals surface area contributed by atoms with Gasteiger partial charge in [0.1, 0.15) is 5.60 Å². The lowest BCUT2D eigenvalue weighted by Crippen LogP contribution is -2.27. The fourth-order valence-corrected chi connectivity index (χ4v) is 1.05. The first-order chi connectivity index (χ1) is 5.48. The average molecular weight is 175 g/mol. The molecule has 0 atom stereocenters. The lowest BCUT2D eigenvalue weighted by molar-refractivity contribution is -0.779. The Hall–Kier alpha value is -0.800. The predicted molar refractivity (Wildman–Crippen MR) is 46.3 cm³/mol. The second-order valence-corrected chi connectivity index (χ2v) is 3.53. The molecule has 0 heterocycles. The molecule has 0 bridgehead atoms. The first-order valence-electron chi connectivity index (χ1n) is 4.31. The second kappa shape index (κ2) is 4.95. The summed E-state index contributed by atoms with van der Waals surface area (Å²) in [6.45, 7) is 5.58. The van der Waals surface area contributed by atoms with Gasteiger partial charge in [0.05, 0.1) is 0 Å². The van der Waals surface area contributed by atoms with Gasteiger partial charge >= 0.3 is 0 Å². The van der Waals surface area contributed by atoms with Gasteiger partial charge in [-0.3, -0.25) is 0 Å². The Bertz CT molecular complexity index is 145. The third-order valence-electron chi connectivity index (χ3n) is 1.70. The third kappa shape index (κ3) is 5.95. The number of unbranched alkanes of at least 4 members (excludes halogenated alkanes) is 2. The number of hydrogen-bond acceptors (Lipinski definition) is 3. The molecule has 0 amide bonds. The third-order valence-corrected chi connectivity index (χ3v) is 1.70. The van der Waals surface area contributed by atoms with Crippen LogP contribution in [0.25, 0.3) is 0 Å². The van der Waals surface area contributed by atoms with Crippen molar-refractivity contribution in [3.05, 3.63) is 10.1 Å². The maximum atomic E-state index is 10.0. The minimum atomic E-state index is -0.716. The number of hydrogen-bond donors (Lipinski definition) is 0. The Morgan fingerprint density at radius 3 is 2.42 bits per heavy atom. The van der Waals surface area contributed by atoms with E-state index < -0.39 is 10.7 Å². The second-order valence-electron chi connectivity index (χ2n) is 3.53. The molecule has 0 rings (SSSR count). The number of nitrogens with zero attached hydrogens (tertiary/aromatic N) is 1. The maximum absolute atomic E-state index is 10.0. The fourth-order valence-electron chi connectivity index (χ4n) is 1.05. The lowest BCUT2D eigenvalue weighted by atomic mass is 10.0. The molecule has 72 valence electrons. The van der Waals surface area contributed by atoms with Crippen molar-refractivity contribution in [3.8, 4) is 0 Å². The lowest BCUT2D eigenvalue weighted by Gasteiger charge is -2.21. The molecule has 0 saturated carbocycles. The van der Waals surface area contributed by atoms with Crippen LogP contribution in [0, 0.1) is 10.1 Å². The highest BCUT2D eigenvalue weighted by Gasteiger charge is 2.21. The van der Waals surface area contributed by atoms with Crippen molar-refractivity contribution in [2.24, 2.45) is 0 Å². The van der Waals surface area contributed by atoms with E-state index in [1.165, 1.54) is 0 Å². The van der Waals surface area contributed by atoms with Crippen LogP contribution in [0.15, 0.2) is 0 Å². The summed E-state index contributed by atoms with van der Waals surface area (Å²) < 4.78 is 0. The zero-order valence-electron chi connectivity index (χ0n) is 8.00. The highest BCUT2D eigenvalue weighted by molar-refractivity contribution is 4.65. The predicted octanol–water partition coefficient (Wildman–Crippen LogP) is 2.55. The first-order valence-corrected chi connectivity index (χ1v) is 4.31. The molecule has 0 aliphatic rings. The molecule has 0 fully saturated rings. The van der Waals surface area contributed by atoms with Crippen LogP contribution in [0.4, 0.5) is 0 Å². The average Bonchev–Trinajstić information content (AvgIpc) is 1.84. The van der Waals surface area contributed by atoms with E-state index in [1.54, 1.807) is 13.8 Å². The summed E-state index contributed by atoms with van der Waals surface area (Å²) in [5.41, 5.74) is -0.626. The Kier molecular flexibility index (Phi) is 4.62. The van der Waals surface area contributed by atoms with Gasteiger partial charge in [0, 0.05) is 0 Å².